The first-order valence-corrected chi connectivity index (χ1v) is 40.8. The molecule has 0 amide bonds. The van der Waals surface area contributed by atoms with Gasteiger partial charge < -0.3 is 18.9 Å². The highest BCUT2D eigenvalue weighted by molar-refractivity contribution is 6.12. The van der Waals surface area contributed by atoms with Gasteiger partial charge in [0.25, 0.3) is 0 Å². The molecular formula is C120H84N4. The van der Waals surface area contributed by atoms with E-state index in [4.69, 9.17) is 13.7 Å². The van der Waals surface area contributed by atoms with Gasteiger partial charge in [0.2, 0.25) is 0 Å². The van der Waals surface area contributed by atoms with Gasteiger partial charge >= 0.3 is 0 Å². The average molecular weight is 1600 g/mol. The third-order valence-corrected chi connectivity index (χ3v) is 22.5. The maximum Gasteiger partial charge on any atom is 0.0652 e. The summed E-state index contributed by atoms with van der Waals surface area (Å²) in [6.45, 7) is 0. The first kappa shape index (κ1) is 55.4. The highest BCUT2D eigenvalue weighted by atomic mass is 15.1. The molecule has 0 aliphatic carbocycles. The van der Waals surface area contributed by atoms with Crippen LogP contribution in [0.2, 0.25) is 0 Å². The number of anilines is 6. The predicted molar refractivity (Wildman–Crippen MR) is 525 cm³/mol. The lowest BCUT2D eigenvalue weighted by Gasteiger charge is -2.27. The van der Waals surface area contributed by atoms with Gasteiger partial charge in [-0.1, -0.05) is 376 Å². The van der Waals surface area contributed by atoms with Gasteiger partial charge in [-0.25, -0.2) is 0 Å². The lowest BCUT2D eigenvalue weighted by atomic mass is 9.93. The Balaban J connectivity index is 0.000000173. The van der Waals surface area contributed by atoms with Crippen LogP contribution in [-0.4, -0.2) is 9.13 Å². The Hall–Kier alpha value is -16.4. The second-order valence-electron chi connectivity index (χ2n) is 29.9. The zero-order valence-corrected chi connectivity index (χ0v) is 66.7. The summed E-state index contributed by atoms with van der Waals surface area (Å²) in [7, 11) is 0. The first-order chi connectivity index (χ1) is 70.3. The van der Waals surface area contributed by atoms with E-state index in [1.54, 1.807) is 30.3 Å². The van der Waals surface area contributed by atoms with Crippen LogP contribution in [0.5, 0.6) is 0 Å². The van der Waals surface area contributed by atoms with E-state index in [-0.39, 0.29) is 46.7 Å². The van der Waals surface area contributed by atoms with Crippen molar-refractivity contribution in [2.24, 2.45) is 0 Å². The maximum absolute atomic E-state index is 10.1. The fraction of sp³-hybridized carbons (Fsp3) is 0. The molecule has 0 saturated heterocycles. The number of rotatable bonds is 18. The Labute approximate surface area is 753 Å². The van der Waals surface area contributed by atoms with Crippen LogP contribution in [0.15, 0.2) is 509 Å². The molecule has 584 valence electrons. The van der Waals surface area contributed by atoms with E-state index in [9.17, 15) is 15.1 Å². The molecule has 124 heavy (non-hydrogen) atoms. The molecule has 4 heteroatoms. The molecule has 22 rings (SSSR count). The van der Waals surface area contributed by atoms with Crippen molar-refractivity contribution >= 4 is 77.7 Å². The zero-order valence-electron chi connectivity index (χ0n) is 87.7. The molecule has 0 atom stereocenters. The normalized spacial score (nSPS) is 13.6. The lowest BCUT2D eigenvalue weighted by molar-refractivity contribution is 1.18. The van der Waals surface area contributed by atoms with Crippen molar-refractivity contribution in [3.05, 3.63) is 509 Å². The van der Waals surface area contributed by atoms with Gasteiger partial charge in [0.05, 0.1) is 50.9 Å². The van der Waals surface area contributed by atoms with Crippen molar-refractivity contribution in [1.29, 1.82) is 0 Å². The van der Waals surface area contributed by atoms with Crippen molar-refractivity contribution in [3.8, 4) is 123 Å². The van der Waals surface area contributed by atoms with Crippen molar-refractivity contribution in [1.82, 2.24) is 9.13 Å². The highest BCUT2D eigenvalue weighted by Crippen LogP contribution is 2.47. The number of para-hydroxylation sites is 2. The highest BCUT2D eigenvalue weighted by Gasteiger charge is 2.23. The SMILES string of the molecule is [2H]c1c([2H])c(N(c2ccc(-c3ccccc3)cc2)c2ccc(-c3ccccc3)c(-c3ccccc3)c2)c([2H])c([2H])c1-c1ccc2c(c1)c1ccccc1n2-c1ccc(-c2ccccc2)cc1.[2H]c1c([2H])c([2H])c(-c2c([2H])c([2H])c(N(c3ccc(-c4ccccc4)cc3)c3c([2H])c([2H])c(-c4ccc5c(c4)c4ccccc4n5-c4ccc(-c5ccccc5)cc4)c([2H])c3[2H])c([2H])c2-c2c([2H])c([2H])c([2H])c([2H])c2[2H])c([2H])c1[2H]. The molecular weight excluding hydrogens is 1500 g/mol. The molecule has 2 aromatic heterocycles. The summed E-state index contributed by atoms with van der Waals surface area (Å²) in [5.74, 6) is 0. The van der Waals surface area contributed by atoms with Gasteiger partial charge in [-0.3, -0.25) is 0 Å². The second-order valence-corrected chi connectivity index (χ2v) is 29.9. The van der Waals surface area contributed by atoms with E-state index in [0.717, 1.165) is 121 Å². The van der Waals surface area contributed by atoms with Crippen LogP contribution < -0.4 is 9.80 Å². The van der Waals surface area contributed by atoms with E-state index < -0.39 is 136 Å². The number of benzene rings is 20. The summed E-state index contributed by atoms with van der Waals surface area (Å²) in [5.41, 5.74) is 16.7. The van der Waals surface area contributed by atoms with Crippen molar-refractivity contribution in [2.45, 2.75) is 0 Å². The summed E-state index contributed by atoms with van der Waals surface area (Å²) in [6, 6.07) is 111. The largest absolute Gasteiger partial charge is 0.310 e. The van der Waals surface area contributed by atoms with Gasteiger partial charge in [0.1, 0.15) is 0 Å². The van der Waals surface area contributed by atoms with Crippen LogP contribution in [0.1, 0.15) is 28.8 Å². The molecule has 0 radical (unpaired) electrons. The van der Waals surface area contributed by atoms with Crippen LogP contribution in [0.3, 0.4) is 0 Å². The van der Waals surface area contributed by atoms with E-state index >= 15 is 0 Å². The summed E-state index contributed by atoms with van der Waals surface area (Å²) >= 11 is 0. The third-order valence-electron chi connectivity index (χ3n) is 22.5. The number of hydrogen-bond donors (Lipinski definition) is 0. The van der Waals surface area contributed by atoms with Crippen LogP contribution in [-0.2, 0) is 0 Å². The minimum atomic E-state index is -0.899. The smallest absolute Gasteiger partial charge is 0.0652 e. The van der Waals surface area contributed by atoms with Crippen LogP contribution in [0.25, 0.3) is 166 Å². The summed E-state index contributed by atoms with van der Waals surface area (Å²) in [4.78, 5) is 2.97. The zero-order chi connectivity index (χ0) is 101. The Kier molecular flexibility index (Phi) is 15.1. The molecule has 0 saturated carbocycles. The van der Waals surface area contributed by atoms with Gasteiger partial charge in [0, 0.05) is 67.0 Å². The Morgan fingerprint density at radius 3 is 0.871 bits per heavy atom. The number of aromatic nitrogens is 2. The molecule has 0 N–H and O–H groups in total. The molecule has 20 aromatic carbocycles. The van der Waals surface area contributed by atoms with E-state index in [1.165, 1.54) is 0 Å². The fourth-order valence-corrected chi connectivity index (χ4v) is 16.5. The van der Waals surface area contributed by atoms with Crippen LogP contribution in [0.4, 0.5) is 34.1 Å². The van der Waals surface area contributed by atoms with Crippen LogP contribution >= 0.6 is 0 Å². The lowest BCUT2D eigenvalue weighted by Crippen LogP contribution is -2.10. The first-order valence-electron chi connectivity index (χ1n) is 51.3. The standard InChI is InChI=1S/2C60H42N2/c2*1-5-15-43(16-6-1)45-25-32-51(33-26-45)61(54-38-39-55(48-19-9-3-10-20-48)57(42-54)49-21-11-4-12-22-49)52-34-29-47(30-35-52)50-31-40-60-58(41-50)56-23-13-14-24-59(56)62(60)53-36-27-46(28-37-53)44-17-7-2-8-18-44/h2*1-42H/i3D,4D,9D,10D,11D,12D,19D,20D,21D,22D,29D,30D,34D,35D,38D,39D,42D;29D,30D,34D,35D. The fourth-order valence-electron chi connectivity index (χ4n) is 16.5. The average Bonchev–Trinajstić information content (AvgIpc) is 1.05. The van der Waals surface area contributed by atoms with Gasteiger partial charge in [-0.05, 0) is 245 Å². The number of nitrogens with zero attached hydrogens (tertiary/aromatic N) is 4. The van der Waals surface area contributed by atoms with Crippen molar-refractivity contribution in [3.63, 3.8) is 0 Å². The summed E-state index contributed by atoms with van der Waals surface area (Å²) < 4.78 is 199. The summed E-state index contributed by atoms with van der Waals surface area (Å²) in [6.07, 6.45) is 0. The van der Waals surface area contributed by atoms with Crippen molar-refractivity contribution in [2.75, 3.05) is 9.80 Å². The number of hydrogen-bond acceptors (Lipinski definition) is 2. The molecule has 0 unspecified atom stereocenters. The molecule has 22 aromatic rings. The molecule has 4 nitrogen and oxygen atoms in total. The maximum atomic E-state index is 10.1. The number of fused-ring (bicyclic) bond motifs is 6. The van der Waals surface area contributed by atoms with Gasteiger partial charge in [-0.2, -0.15) is 0 Å². The van der Waals surface area contributed by atoms with Gasteiger partial charge in [0.15, 0.2) is 0 Å². The Bertz CT molecular complexity index is 8770. The van der Waals surface area contributed by atoms with E-state index in [0.29, 0.717) is 28.1 Å². The quantitative estimate of drug-likeness (QED) is 0.0851. The minimum absolute atomic E-state index is 0.0585. The molecule has 0 aliphatic heterocycles. The van der Waals surface area contributed by atoms with Crippen LogP contribution in [0, 0.1) is 0 Å². The van der Waals surface area contributed by atoms with E-state index in [2.05, 4.69) is 118 Å². The molecule has 0 fully saturated rings. The minimum Gasteiger partial charge on any atom is -0.310 e. The molecule has 0 spiro atoms. The Morgan fingerprint density at radius 2 is 0.468 bits per heavy atom. The molecule has 0 bridgehead atoms. The second kappa shape index (κ2) is 33.8. The monoisotopic (exact) mass is 1600 g/mol. The molecule has 0 aliphatic rings. The predicted octanol–water partition coefficient (Wildman–Crippen LogP) is 33.2. The summed E-state index contributed by atoms with van der Waals surface area (Å²) in [5, 5.41) is 3.62. The topological polar surface area (TPSA) is 16.3 Å². The van der Waals surface area contributed by atoms with E-state index in [1.807, 2.05) is 248 Å². The molecule has 2 heterocycles. The van der Waals surface area contributed by atoms with Gasteiger partial charge in [-0.15, -0.1) is 0 Å². The Morgan fingerprint density at radius 1 is 0.161 bits per heavy atom. The third kappa shape index (κ3) is 15.0. The van der Waals surface area contributed by atoms with Crippen molar-refractivity contribution < 1.29 is 28.8 Å².